The summed E-state index contributed by atoms with van der Waals surface area (Å²) in [5.74, 6) is -0.486. The molecule has 143 valence electrons. The number of methoxy groups -OCH3 is 1. The Morgan fingerprint density at radius 2 is 2.00 bits per heavy atom. The molecule has 1 fully saturated rings. The standard InChI is InChI=1S/C17H26N2O5S.Y/c1-24-17-11(9-12(10-20)16(17)23)3-2-7-18-13(25)6-8-19-14(21)4-5-15(19)22;/h4-5,11-12,16-17,20,23H,2-3,6-10H2,1H3,(H,18,25);. The van der Waals surface area contributed by atoms with Gasteiger partial charge in [0.1, 0.15) is 0 Å². The van der Waals surface area contributed by atoms with Crippen molar-refractivity contribution >= 4 is 29.0 Å². The summed E-state index contributed by atoms with van der Waals surface area (Å²) in [6.07, 6.45) is 4.62. The summed E-state index contributed by atoms with van der Waals surface area (Å²) in [6.45, 7) is 0.948. The van der Waals surface area contributed by atoms with Gasteiger partial charge in [-0.2, -0.15) is 0 Å². The molecule has 1 radical (unpaired) electrons. The third-order valence-electron chi connectivity index (χ3n) is 4.93. The predicted molar refractivity (Wildman–Crippen MR) is 95.8 cm³/mol. The van der Waals surface area contributed by atoms with Crippen molar-refractivity contribution in [2.75, 3.05) is 26.8 Å². The Bertz CT molecular complexity index is 527. The zero-order valence-electron chi connectivity index (χ0n) is 15.0. The average molecular weight is 459 g/mol. The maximum Gasteiger partial charge on any atom is 0.253 e. The van der Waals surface area contributed by atoms with Crippen molar-refractivity contribution in [1.82, 2.24) is 10.2 Å². The number of nitrogens with zero attached hydrogens (tertiary/aromatic N) is 1. The number of thiocarbonyl (C=S) groups is 1. The van der Waals surface area contributed by atoms with E-state index in [1.807, 2.05) is 0 Å². The quantitative estimate of drug-likeness (QED) is 0.254. The van der Waals surface area contributed by atoms with E-state index in [0.717, 1.165) is 19.3 Å². The third-order valence-corrected chi connectivity index (χ3v) is 5.28. The first-order valence-electron chi connectivity index (χ1n) is 8.59. The monoisotopic (exact) mass is 459 g/mol. The third kappa shape index (κ3) is 6.14. The van der Waals surface area contributed by atoms with Gasteiger partial charge in [-0.3, -0.25) is 14.5 Å². The van der Waals surface area contributed by atoms with Crippen molar-refractivity contribution in [3.8, 4) is 0 Å². The molecule has 4 unspecified atom stereocenters. The van der Waals surface area contributed by atoms with Crippen LogP contribution in [0.25, 0.3) is 0 Å². The number of aliphatic hydroxyl groups is 2. The number of carbonyl (C=O) groups is 2. The first kappa shape index (κ1) is 23.8. The summed E-state index contributed by atoms with van der Waals surface area (Å²) in [7, 11) is 1.59. The van der Waals surface area contributed by atoms with E-state index < -0.39 is 6.10 Å². The first-order valence-corrected chi connectivity index (χ1v) is 9.00. The van der Waals surface area contributed by atoms with Crippen LogP contribution in [0.2, 0.25) is 0 Å². The molecule has 0 saturated heterocycles. The summed E-state index contributed by atoms with van der Waals surface area (Å²) in [4.78, 5) is 24.7. The van der Waals surface area contributed by atoms with E-state index in [0.29, 0.717) is 18.0 Å². The number of amides is 2. The van der Waals surface area contributed by atoms with E-state index in [1.165, 1.54) is 17.1 Å². The Morgan fingerprint density at radius 3 is 2.58 bits per heavy atom. The molecule has 1 heterocycles. The zero-order valence-corrected chi connectivity index (χ0v) is 18.6. The number of aliphatic hydroxyl groups excluding tert-OH is 2. The molecular formula is C17H26N2O5SY. The zero-order chi connectivity index (χ0) is 18.4. The number of nitrogens with one attached hydrogen (secondary N) is 1. The van der Waals surface area contributed by atoms with E-state index in [1.54, 1.807) is 7.11 Å². The maximum absolute atomic E-state index is 11.4. The van der Waals surface area contributed by atoms with Crippen LogP contribution >= 0.6 is 12.2 Å². The van der Waals surface area contributed by atoms with Gasteiger partial charge < -0.3 is 20.3 Å². The second kappa shape index (κ2) is 11.6. The number of imide groups is 1. The van der Waals surface area contributed by atoms with Crippen LogP contribution in [0.4, 0.5) is 0 Å². The van der Waals surface area contributed by atoms with Crippen LogP contribution in [0.5, 0.6) is 0 Å². The number of carbonyl (C=O) groups excluding carboxylic acids is 2. The fourth-order valence-corrected chi connectivity index (χ4v) is 3.74. The van der Waals surface area contributed by atoms with E-state index in [2.05, 4.69) is 5.32 Å². The SMILES string of the molecule is COC1C(CCCNC(=S)CCN2C(=O)C=CC2=O)CC(CO)C1O.[Y]. The molecule has 2 aliphatic rings. The first-order chi connectivity index (χ1) is 12.0. The Hall–Kier alpha value is -0.246. The second-order valence-corrected chi connectivity index (χ2v) is 7.03. The van der Waals surface area contributed by atoms with Gasteiger partial charge in [-0.05, 0) is 25.2 Å². The van der Waals surface area contributed by atoms with Crippen molar-refractivity contribution in [3.05, 3.63) is 12.2 Å². The molecule has 3 N–H and O–H groups in total. The summed E-state index contributed by atoms with van der Waals surface area (Å²) >= 11 is 5.24. The molecule has 2 rings (SSSR count). The van der Waals surface area contributed by atoms with E-state index in [-0.39, 0.29) is 75.6 Å². The minimum Gasteiger partial charge on any atom is -0.396 e. The Labute approximate surface area is 184 Å². The van der Waals surface area contributed by atoms with Crippen LogP contribution in [0.1, 0.15) is 25.7 Å². The maximum atomic E-state index is 11.4. The topological polar surface area (TPSA) is 99.1 Å². The molecule has 1 saturated carbocycles. The molecule has 9 heteroatoms. The Balaban J connectivity index is 0.00000338. The molecule has 0 aromatic rings. The van der Waals surface area contributed by atoms with Gasteiger partial charge in [0, 0.05) is 84.0 Å². The molecule has 26 heavy (non-hydrogen) atoms. The van der Waals surface area contributed by atoms with Gasteiger partial charge in [-0.15, -0.1) is 0 Å². The van der Waals surface area contributed by atoms with Crippen molar-refractivity contribution in [3.63, 3.8) is 0 Å². The molecule has 0 aromatic carbocycles. The van der Waals surface area contributed by atoms with Gasteiger partial charge in [-0.25, -0.2) is 0 Å². The second-order valence-electron chi connectivity index (χ2n) is 6.53. The largest absolute Gasteiger partial charge is 0.396 e. The van der Waals surface area contributed by atoms with Gasteiger partial charge in [0.2, 0.25) is 0 Å². The van der Waals surface area contributed by atoms with Crippen molar-refractivity contribution in [1.29, 1.82) is 0 Å². The van der Waals surface area contributed by atoms with Gasteiger partial charge in [0.25, 0.3) is 11.8 Å². The van der Waals surface area contributed by atoms with Crippen molar-refractivity contribution in [2.45, 2.75) is 37.9 Å². The molecule has 0 bridgehead atoms. The number of hydrogen-bond acceptors (Lipinski definition) is 6. The normalized spacial score (nSPS) is 27.7. The Kier molecular flexibility index (Phi) is 10.6. The average Bonchev–Trinajstić information content (AvgIpc) is 3.08. The van der Waals surface area contributed by atoms with E-state index in [4.69, 9.17) is 17.0 Å². The van der Waals surface area contributed by atoms with Crippen LogP contribution in [0.15, 0.2) is 12.2 Å². The molecule has 1 aliphatic heterocycles. The molecular weight excluding hydrogens is 433 g/mol. The van der Waals surface area contributed by atoms with Gasteiger partial charge in [0.05, 0.1) is 17.2 Å². The molecule has 0 spiro atoms. The van der Waals surface area contributed by atoms with Gasteiger partial charge in [0.15, 0.2) is 0 Å². The molecule has 2 amide bonds. The van der Waals surface area contributed by atoms with Crippen LogP contribution in [-0.2, 0) is 47.0 Å². The van der Waals surface area contributed by atoms with Gasteiger partial charge in [-0.1, -0.05) is 12.2 Å². The smallest absolute Gasteiger partial charge is 0.253 e. The summed E-state index contributed by atoms with van der Waals surface area (Å²) in [5, 5.41) is 22.5. The fraction of sp³-hybridized carbons (Fsp3) is 0.706. The van der Waals surface area contributed by atoms with Crippen molar-refractivity contribution < 1.29 is 57.2 Å². The number of hydrogen-bond donors (Lipinski definition) is 3. The van der Waals surface area contributed by atoms with Crippen LogP contribution < -0.4 is 5.32 Å². The van der Waals surface area contributed by atoms with Crippen LogP contribution in [0.3, 0.4) is 0 Å². The van der Waals surface area contributed by atoms with Crippen molar-refractivity contribution in [2.24, 2.45) is 11.8 Å². The summed E-state index contributed by atoms with van der Waals surface area (Å²) in [6, 6.07) is 0. The van der Waals surface area contributed by atoms with Crippen LogP contribution in [-0.4, -0.2) is 70.9 Å². The van der Waals surface area contributed by atoms with E-state index in [9.17, 15) is 19.8 Å². The van der Waals surface area contributed by atoms with Gasteiger partial charge >= 0.3 is 0 Å². The van der Waals surface area contributed by atoms with E-state index >= 15 is 0 Å². The minimum absolute atomic E-state index is 0. The summed E-state index contributed by atoms with van der Waals surface area (Å²) < 4.78 is 5.38. The predicted octanol–water partition coefficient (Wildman–Crippen LogP) is 0.000500. The van der Waals surface area contributed by atoms with Crippen LogP contribution in [0, 0.1) is 11.8 Å². The molecule has 0 aromatic heterocycles. The number of rotatable bonds is 9. The molecule has 1 aliphatic carbocycles. The summed E-state index contributed by atoms with van der Waals surface area (Å²) in [5.41, 5.74) is 0. The minimum atomic E-state index is -0.613. The Morgan fingerprint density at radius 1 is 1.35 bits per heavy atom. The molecule has 4 atom stereocenters. The molecule has 7 nitrogen and oxygen atoms in total. The number of ether oxygens (including phenoxy) is 1. The fourth-order valence-electron chi connectivity index (χ4n) is 3.55.